The van der Waals surface area contributed by atoms with Gasteiger partial charge >= 0.3 is 5.91 Å². The maximum absolute atomic E-state index is 11.4. The van der Waals surface area contributed by atoms with Gasteiger partial charge in [-0.15, -0.1) is 0 Å². The van der Waals surface area contributed by atoms with E-state index in [9.17, 15) is 4.79 Å². The van der Waals surface area contributed by atoms with E-state index in [1.54, 1.807) is 6.07 Å². The molecule has 0 aromatic carbocycles. The molecule has 0 bridgehead atoms. The first-order valence-electron chi connectivity index (χ1n) is 6.30. The van der Waals surface area contributed by atoms with Crippen LogP contribution in [0.4, 0.5) is 0 Å². The number of furan rings is 1. The molecule has 18 heavy (non-hydrogen) atoms. The summed E-state index contributed by atoms with van der Waals surface area (Å²) in [6.45, 7) is 7.01. The van der Waals surface area contributed by atoms with Gasteiger partial charge in [0.25, 0.3) is 0 Å². The first kappa shape index (κ1) is 14.7. The van der Waals surface area contributed by atoms with Crippen molar-refractivity contribution in [3.63, 3.8) is 0 Å². The molecule has 1 aromatic rings. The molecule has 1 heterocycles. The van der Waals surface area contributed by atoms with Crippen LogP contribution in [0.15, 0.2) is 10.5 Å². The second kappa shape index (κ2) is 6.56. The Labute approximate surface area is 108 Å². The van der Waals surface area contributed by atoms with E-state index in [4.69, 9.17) is 10.3 Å². The molecular weight excluding hydrogens is 230 g/mol. The summed E-state index contributed by atoms with van der Waals surface area (Å²) in [6.07, 6.45) is 2.32. The standard InChI is InChI=1S/C13H23N3O2/c1-5-6-9(2)16(4)8-11-7-12(13(17)15-14)18-10(11)3/h7,9H,5-6,8,14H2,1-4H3,(H,15,17). The van der Waals surface area contributed by atoms with E-state index in [-0.39, 0.29) is 5.76 Å². The minimum atomic E-state index is -0.395. The van der Waals surface area contributed by atoms with Gasteiger partial charge in [0.1, 0.15) is 5.76 Å². The second-order valence-electron chi connectivity index (χ2n) is 4.72. The van der Waals surface area contributed by atoms with E-state index in [0.717, 1.165) is 30.7 Å². The third kappa shape index (κ3) is 3.58. The summed E-state index contributed by atoms with van der Waals surface area (Å²) in [5.74, 6) is 5.72. The zero-order valence-corrected chi connectivity index (χ0v) is 11.6. The van der Waals surface area contributed by atoms with Crippen LogP contribution in [0.5, 0.6) is 0 Å². The van der Waals surface area contributed by atoms with Crippen molar-refractivity contribution in [3.8, 4) is 0 Å². The summed E-state index contributed by atoms with van der Waals surface area (Å²) in [6, 6.07) is 2.27. The monoisotopic (exact) mass is 253 g/mol. The van der Waals surface area contributed by atoms with Crippen molar-refractivity contribution in [2.24, 2.45) is 5.84 Å². The molecule has 0 saturated carbocycles. The quantitative estimate of drug-likeness (QED) is 0.461. The molecular formula is C13H23N3O2. The van der Waals surface area contributed by atoms with Crippen molar-refractivity contribution in [1.29, 1.82) is 0 Å². The molecule has 0 spiro atoms. The lowest BCUT2D eigenvalue weighted by molar-refractivity contribution is 0.0924. The van der Waals surface area contributed by atoms with Crippen LogP contribution in [-0.2, 0) is 6.54 Å². The first-order chi connectivity index (χ1) is 8.49. The molecule has 0 fully saturated rings. The lowest BCUT2D eigenvalue weighted by Crippen LogP contribution is -2.29. The third-order valence-electron chi connectivity index (χ3n) is 3.25. The maximum Gasteiger partial charge on any atom is 0.300 e. The Morgan fingerprint density at radius 2 is 2.28 bits per heavy atom. The summed E-state index contributed by atoms with van der Waals surface area (Å²) in [7, 11) is 2.08. The van der Waals surface area contributed by atoms with Gasteiger partial charge in [-0.25, -0.2) is 5.84 Å². The number of hydrazine groups is 1. The van der Waals surface area contributed by atoms with Crippen LogP contribution >= 0.6 is 0 Å². The number of nitrogens with zero attached hydrogens (tertiary/aromatic N) is 1. The van der Waals surface area contributed by atoms with Gasteiger partial charge in [-0.1, -0.05) is 13.3 Å². The summed E-state index contributed by atoms with van der Waals surface area (Å²) in [4.78, 5) is 13.6. The summed E-state index contributed by atoms with van der Waals surface area (Å²) in [5, 5.41) is 0. The molecule has 102 valence electrons. The third-order valence-corrected chi connectivity index (χ3v) is 3.25. The highest BCUT2D eigenvalue weighted by molar-refractivity contribution is 5.91. The van der Waals surface area contributed by atoms with E-state index in [1.165, 1.54) is 0 Å². The van der Waals surface area contributed by atoms with Gasteiger partial charge in [0, 0.05) is 18.2 Å². The number of nitrogens with two attached hydrogens (primary N) is 1. The average molecular weight is 253 g/mol. The highest BCUT2D eigenvalue weighted by Crippen LogP contribution is 2.18. The Hall–Kier alpha value is -1.33. The van der Waals surface area contributed by atoms with Crippen LogP contribution in [-0.4, -0.2) is 23.9 Å². The second-order valence-corrected chi connectivity index (χ2v) is 4.72. The fraction of sp³-hybridized carbons (Fsp3) is 0.615. The van der Waals surface area contributed by atoms with E-state index in [2.05, 4.69) is 31.2 Å². The zero-order chi connectivity index (χ0) is 13.7. The normalized spacial score (nSPS) is 12.8. The molecule has 0 aliphatic carbocycles. The molecule has 3 N–H and O–H groups in total. The number of nitrogen functional groups attached to an aromatic ring is 1. The number of carbonyl (C=O) groups is 1. The molecule has 1 unspecified atom stereocenters. The molecule has 1 rings (SSSR count). The summed E-state index contributed by atoms with van der Waals surface area (Å²) < 4.78 is 5.39. The predicted octanol–water partition coefficient (Wildman–Crippen LogP) is 1.81. The Bertz CT molecular complexity index is 401. The SMILES string of the molecule is CCCC(C)N(C)Cc1cc(C(=O)NN)oc1C. The highest BCUT2D eigenvalue weighted by atomic mass is 16.4. The van der Waals surface area contributed by atoms with Crippen molar-refractivity contribution in [2.75, 3.05) is 7.05 Å². The van der Waals surface area contributed by atoms with Crippen LogP contribution in [0, 0.1) is 6.92 Å². The van der Waals surface area contributed by atoms with Crippen molar-refractivity contribution in [2.45, 2.75) is 46.2 Å². The number of hydrogen-bond donors (Lipinski definition) is 2. The number of hydrogen-bond acceptors (Lipinski definition) is 4. The molecule has 5 nitrogen and oxygen atoms in total. The van der Waals surface area contributed by atoms with Crippen molar-refractivity contribution in [1.82, 2.24) is 10.3 Å². The molecule has 1 aromatic heterocycles. The molecule has 1 amide bonds. The highest BCUT2D eigenvalue weighted by Gasteiger charge is 2.16. The zero-order valence-electron chi connectivity index (χ0n) is 11.6. The van der Waals surface area contributed by atoms with Gasteiger partial charge in [-0.3, -0.25) is 15.1 Å². The summed E-state index contributed by atoms with van der Waals surface area (Å²) in [5.41, 5.74) is 3.10. The molecule has 1 atom stereocenters. The minimum absolute atomic E-state index is 0.265. The van der Waals surface area contributed by atoms with Gasteiger partial charge in [-0.2, -0.15) is 0 Å². The largest absolute Gasteiger partial charge is 0.456 e. The fourth-order valence-electron chi connectivity index (χ4n) is 1.92. The Morgan fingerprint density at radius 1 is 1.61 bits per heavy atom. The van der Waals surface area contributed by atoms with Crippen molar-refractivity contribution < 1.29 is 9.21 Å². The van der Waals surface area contributed by atoms with E-state index >= 15 is 0 Å². The number of aryl methyl sites for hydroxylation is 1. The minimum Gasteiger partial charge on any atom is -0.456 e. The van der Waals surface area contributed by atoms with Crippen LogP contribution < -0.4 is 11.3 Å². The maximum atomic E-state index is 11.4. The predicted molar refractivity (Wildman–Crippen MR) is 70.9 cm³/mol. The first-order valence-corrected chi connectivity index (χ1v) is 6.30. The van der Waals surface area contributed by atoms with Crippen LogP contribution in [0.1, 0.15) is 48.6 Å². The van der Waals surface area contributed by atoms with Gasteiger partial charge in [0.15, 0.2) is 5.76 Å². The number of amides is 1. The fourth-order valence-corrected chi connectivity index (χ4v) is 1.92. The molecule has 0 aliphatic rings. The lowest BCUT2D eigenvalue weighted by Gasteiger charge is -2.23. The Kier molecular flexibility index (Phi) is 5.37. The Balaban J connectivity index is 2.72. The number of carbonyl (C=O) groups excluding carboxylic acids is 1. The Morgan fingerprint density at radius 3 is 2.83 bits per heavy atom. The number of nitrogens with one attached hydrogen (secondary N) is 1. The van der Waals surface area contributed by atoms with E-state index in [1.807, 2.05) is 6.92 Å². The average Bonchev–Trinajstić information content (AvgIpc) is 2.70. The summed E-state index contributed by atoms with van der Waals surface area (Å²) >= 11 is 0. The van der Waals surface area contributed by atoms with Gasteiger partial charge < -0.3 is 4.42 Å². The molecule has 0 radical (unpaired) electrons. The lowest BCUT2D eigenvalue weighted by atomic mass is 10.1. The van der Waals surface area contributed by atoms with Crippen LogP contribution in [0.25, 0.3) is 0 Å². The van der Waals surface area contributed by atoms with Gasteiger partial charge in [0.05, 0.1) is 0 Å². The smallest absolute Gasteiger partial charge is 0.300 e. The van der Waals surface area contributed by atoms with E-state index < -0.39 is 5.91 Å². The molecule has 0 saturated heterocycles. The van der Waals surface area contributed by atoms with E-state index in [0.29, 0.717) is 6.04 Å². The number of rotatable bonds is 6. The molecule has 0 aliphatic heterocycles. The van der Waals surface area contributed by atoms with Crippen LogP contribution in [0.2, 0.25) is 0 Å². The van der Waals surface area contributed by atoms with Crippen molar-refractivity contribution >= 4 is 5.91 Å². The van der Waals surface area contributed by atoms with Crippen LogP contribution in [0.3, 0.4) is 0 Å². The molecule has 5 heteroatoms. The topological polar surface area (TPSA) is 71.5 Å². The van der Waals surface area contributed by atoms with Gasteiger partial charge in [-0.05, 0) is 33.4 Å². The van der Waals surface area contributed by atoms with Gasteiger partial charge in [0.2, 0.25) is 0 Å². The van der Waals surface area contributed by atoms with Crippen molar-refractivity contribution in [3.05, 3.63) is 23.2 Å².